The number of aromatic nitrogens is 2. The zero-order valence-electron chi connectivity index (χ0n) is 9.64. The van der Waals surface area contributed by atoms with Crippen molar-refractivity contribution in [2.24, 2.45) is 0 Å². The van der Waals surface area contributed by atoms with Gasteiger partial charge in [0.15, 0.2) is 11.6 Å². The Morgan fingerprint density at radius 3 is 2.41 bits per heavy atom. The topological polar surface area (TPSA) is 63.1 Å². The second-order valence-corrected chi connectivity index (χ2v) is 3.80. The molecule has 0 unspecified atom stereocenters. The number of carbonyl (C=O) groups is 1. The van der Waals surface area contributed by atoms with Crippen molar-refractivity contribution in [1.82, 2.24) is 9.97 Å². The molecule has 0 atom stereocenters. The van der Waals surface area contributed by atoms with Crippen LogP contribution in [0.1, 0.15) is 23.0 Å². The third-order valence-electron chi connectivity index (χ3n) is 2.48. The van der Waals surface area contributed by atoms with Crippen LogP contribution in [-0.2, 0) is 0 Å². The summed E-state index contributed by atoms with van der Waals surface area (Å²) in [6, 6.07) is 6.62. The summed E-state index contributed by atoms with van der Waals surface area (Å²) in [7, 11) is 0. The van der Waals surface area contributed by atoms with E-state index in [9.17, 15) is 9.90 Å². The largest absolute Gasteiger partial charge is 0.508 e. The highest BCUT2D eigenvalue weighted by Crippen LogP contribution is 2.19. The number of Topliss-reactive ketones (excluding diaryl/α,β-unsaturated/α-hetero) is 1. The molecule has 0 amide bonds. The molecule has 1 aromatic carbocycles. The molecule has 86 valence electrons. The van der Waals surface area contributed by atoms with E-state index in [4.69, 9.17) is 0 Å². The summed E-state index contributed by atoms with van der Waals surface area (Å²) in [5.74, 6) is 0.707. The van der Waals surface area contributed by atoms with Crippen LogP contribution in [0.3, 0.4) is 0 Å². The molecule has 0 spiro atoms. The van der Waals surface area contributed by atoms with Crippen LogP contribution >= 0.6 is 0 Å². The second kappa shape index (κ2) is 4.33. The lowest BCUT2D eigenvalue weighted by Gasteiger charge is -2.04. The Bertz CT molecular complexity index is 562. The van der Waals surface area contributed by atoms with E-state index in [0.717, 1.165) is 5.56 Å². The predicted octanol–water partition coefficient (Wildman–Crippen LogP) is 2.36. The minimum absolute atomic E-state index is 0.0419. The molecule has 4 heteroatoms. The molecule has 0 saturated carbocycles. The Morgan fingerprint density at radius 2 is 1.88 bits per heavy atom. The Balaban J connectivity index is 2.44. The number of phenols is 1. The first-order valence-electron chi connectivity index (χ1n) is 5.22. The fraction of sp³-hybridized carbons (Fsp3) is 0.154. The van der Waals surface area contributed by atoms with Crippen LogP contribution in [0.5, 0.6) is 5.75 Å². The van der Waals surface area contributed by atoms with Crippen molar-refractivity contribution in [1.29, 1.82) is 0 Å². The summed E-state index contributed by atoms with van der Waals surface area (Å²) in [6.07, 6.45) is 1.53. The molecule has 1 aromatic heterocycles. The number of hydrogen-bond donors (Lipinski definition) is 1. The number of carbonyl (C=O) groups excluding carboxylic acids is 1. The van der Waals surface area contributed by atoms with Crippen molar-refractivity contribution in [2.45, 2.75) is 13.8 Å². The lowest BCUT2D eigenvalue weighted by molar-refractivity contribution is 0.101. The molecule has 0 bridgehead atoms. The summed E-state index contributed by atoms with van der Waals surface area (Å²) in [5, 5.41) is 9.19. The van der Waals surface area contributed by atoms with Gasteiger partial charge in [0.1, 0.15) is 5.75 Å². The molecule has 4 nitrogen and oxygen atoms in total. The maximum Gasteiger partial charge on any atom is 0.163 e. The molecule has 0 radical (unpaired) electrons. The Kier molecular flexibility index (Phi) is 2.87. The molecule has 0 saturated heterocycles. The van der Waals surface area contributed by atoms with Crippen LogP contribution in [0.4, 0.5) is 0 Å². The van der Waals surface area contributed by atoms with E-state index < -0.39 is 0 Å². The molecule has 1 N–H and O–H groups in total. The smallest absolute Gasteiger partial charge is 0.163 e. The number of phenolic OH excluding ortho intramolecular Hbond substituents is 1. The molecule has 0 aliphatic heterocycles. The van der Waals surface area contributed by atoms with Crippen molar-refractivity contribution < 1.29 is 9.90 Å². The van der Waals surface area contributed by atoms with Crippen LogP contribution in [-0.4, -0.2) is 20.9 Å². The van der Waals surface area contributed by atoms with E-state index in [1.807, 2.05) is 0 Å². The van der Waals surface area contributed by atoms with Gasteiger partial charge in [0.25, 0.3) is 0 Å². The first kappa shape index (κ1) is 11.3. The third kappa shape index (κ3) is 2.30. The number of rotatable bonds is 2. The number of benzene rings is 1. The highest BCUT2D eigenvalue weighted by molar-refractivity contribution is 5.94. The molecule has 17 heavy (non-hydrogen) atoms. The van der Waals surface area contributed by atoms with Gasteiger partial charge in [-0.1, -0.05) is 0 Å². The maximum atomic E-state index is 11.2. The number of nitrogens with zero attached hydrogens (tertiary/aromatic N) is 2. The first-order chi connectivity index (χ1) is 8.08. The quantitative estimate of drug-likeness (QED) is 0.801. The number of aromatic hydroxyl groups is 1. The highest BCUT2D eigenvalue weighted by atomic mass is 16.3. The SMILES string of the molecule is CC(=O)c1cnc(-c2ccc(O)cc2)nc1C. The fourth-order valence-electron chi connectivity index (χ4n) is 1.56. The molecule has 0 aliphatic carbocycles. The van der Waals surface area contributed by atoms with Gasteiger partial charge in [-0.25, -0.2) is 9.97 Å². The highest BCUT2D eigenvalue weighted by Gasteiger charge is 2.08. The molecule has 1 heterocycles. The lowest BCUT2D eigenvalue weighted by atomic mass is 10.1. The van der Waals surface area contributed by atoms with Gasteiger partial charge in [0.05, 0.1) is 11.3 Å². The third-order valence-corrected chi connectivity index (χ3v) is 2.48. The molecule has 2 aromatic rings. The van der Waals surface area contributed by atoms with Gasteiger partial charge >= 0.3 is 0 Å². The maximum absolute atomic E-state index is 11.2. The summed E-state index contributed by atoms with van der Waals surface area (Å²) >= 11 is 0. The summed E-state index contributed by atoms with van der Waals surface area (Å²) in [5.41, 5.74) is 2.00. The van der Waals surface area contributed by atoms with Gasteiger partial charge < -0.3 is 5.11 Å². The summed E-state index contributed by atoms with van der Waals surface area (Å²) in [6.45, 7) is 3.27. The van der Waals surface area contributed by atoms with E-state index in [0.29, 0.717) is 17.1 Å². The fourth-order valence-corrected chi connectivity index (χ4v) is 1.56. The minimum Gasteiger partial charge on any atom is -0.508 e. The van der Waals surface area contributed by atoms with E-state index in [1.54, 1.807) is 31.2 Å². The van der Waals surface area contributed by atoms with Gasteiger partial charge in [-0.2, -0.15) is 0 Å². The van der Waals surface area contributed by atoms with E-state index in [2.05, 4.69) is 9.97 Å². The zero-order chi connectivity index (χ0) is 12.4. The number of hydrogen-bond acceptors (Lipinski definition) is 4. The van der Waals surface area contributed by atoms with Crippen LogP contribution < -0.4 is 0 Å². The minimum atomic E-state index is -0.0419. The van der Waals surface area contributed by atoms with Gasteiger partial charge in [-0.05, 0) is 38.1 Å². The van der Waals surface area contributed by atoms with Gasteiger partial charge in [0, 0.05) is 11.8 Å². The van der Waals surface area contributed by atoms with E-state index in [1.165, 1.54) is 13.1 Å². The van der Waals surface area contributed by atoms with Crippen LogP contribution in [0.2, 0.25) is 0 Å². The Labute approximate surface area is 99.0 Å². The summed E-state index contributed by atoms with van der Waals surface area (Å²) in [4.78, 5) is 19.7. The van der Waals surface area contributed by atoms with E-state index >= 15 is 0 Å². The molecule has 0 aliphatic rings. The molecular formula is C13H12N2O2. The monoisotopic (exact) mass is 228 g/mol. The average molecular weight is 228 g/mol. The summed E-state index contributed by atoms with van der Waals surface area (Å²) < 4.78 is 0. The van der Waals surface area contributed by atoms with Crippen molar-refractivity contribution in [3.8, 4) is 17.1 Å². The van der Waals surface area contributed by atoms with Crippen molar-refractivity contribution in [3.63, 3.8) is 0 Å². The zero-order valence-corrected chi connectivity index (χ0v) is 9.64. The molecule has 0 fully saturated rings. The molecule has 2 rings (SSSR count). The van der Waals surface area contributed by atoms with Crippen LogP contribution in [0, 0.1) is 6.92 Å². The standard InChI is InChI=1S/C13H12N2O2/c1-8-12(9(2)16)7-14-13(15-8)10-3-5-11(17)6-4-10/h3-7,17H,1-2H3. The number of aryl methyl sites for hydroxylation is 1. The Hall–Kier alpha value is -2.23. The Morgan fingerprint density at radius 1 is 1.24 bits per heavy atom. The molecular weight excluding hydrogens is 216 g/mol. The average Bonchev–Trinajstić information content (AvgIpc) is 2.29. The lowest BCUT2D eigenvalue weighted by Crippen LogP contribution is -2.01. The van der Waals surface area contributed by atoms with Crippen molar-refractivity contribution >= 4 is 5.78 Å². The predicted molar refractivity (Wildman–Crippen MR) is 63.9 cm³/mol. The normalized spacial score (nSPS) is 10.2. The van der Waals surface area contributed by atoms with Crippen LogP contribution in [0.15, 0.2) is 30.5 Å². The van der Waals surface area contributed by atoms with Crippen molar-refractivity contribution in [3.05, 3.63) is 41.7 Å². The van der Waals surface area contributed by atoms with E-state index in [-0.39, 0.29) is 11.5 Å². The number of ketones is 1. The van der Waals surface area contributed by atoms with Crippen LogP contribution in [0.25, 0.3) is 11.4 Å². The second-order valence-electron chi connectivity index (χ2n) is 3.80. The van der Waals surface area contributed by atoms with Gasteiger partial charge in [-0.3, -0.25) is 4.79 Å². The van der Waals surface area contributed by atoms with Gasteiger partial charge in [0.2, 0.25) is 0 Å². The first-order valence-corrected chi connectivity index (χ1v) is 5.22. The van der Waals surface area contributed by atoms with Crippen molar-refractivity contribution in [2.75, 3.05) is 0 Å². The van der Waals surface area contributed by atoms with Gasteiger partial charge in [-0.15, -0.1) is 0 Å².